The summed E-state index contributed by atoms with van der Waals surface area (Å²) >= 11 is 0. The lowest BCUT2D eigenvalue weighted by molar-refractivity contribution is -0.0143. The number of phosphoric acid groups is 1. The minimum absolute atomic E-state index is 0.338. The molecule has 0 aromatic rings. The molecule has 9 heteroatoms. The molecule has 0 unspecified atom stereocenters. The van der Waals surface area contributed by atoms with Gasteiger partial charge in [-0.2, -0.15) is 0 Å². The molecule has 0 radical (unpaired) electrons. The van der Waals surface area contributed by atoms with Gasteiger partial charge in [-0.15, -0.1) is 0 Å². The van der Waals surface area contributed by atoms with Crippen LogP contribution >= 0.6 is 7.82 Å². The van der Waals surface area contributed by atoms with Gasteiger partial charge in [-0.25, -0.2) is 4.57 Å². The van der Waals surface area contributed by atoms with E-state index in [-0.39, 0.29) is 12.6 Å². The Morgan fingerprint density at radius 1 is 1.53 bits per heavy atom. The van der Waals surface area contributed by atoms with Crippen molar-refractivity contribution in [3.63, 3.8) is 0 Å². The smallest absolute Gasteiger partial charge is 0.388 e. The summed E-state index contributed by atoms with van der Waals surface area (Å²) in [6, 6.07) is -0.338. The molecule has 1 saturated heterocycles. The van der Waals surface area contributed by atoms with E-state index in [1.165, 1.54) is 7.11 Å². The lowest BCUT2D eigenvalue weighted by Gasteiger charge is -2.16. The molecule has 1 aliphatic rings. The first-order valence-corrected chi connectivity index (χ1v) is 5.94. The van der Waals surface area contributed by atoms with Gasteiger partial charge >= 0.3 is 7.82 Å². The quantitative estimate of drug-likeness (QED) is 0.379. The van der Waals surface area contributed by atoms with Gasteiger partial charge in [-0.3, -0.25) is 4.52 Å². The highest BCUT2D eigenvalue weighted by atomic mass is 31.2. The third-order valence-corrected chi connectivity index (χ3v) is 2.73. The van der Waals surface area contributed by atoms with E-state index in [0.29, 0.717) is 0 Å². The Morgan fingerprint density at radius 3 is 2.53 bits per heavy atom. The summed E-state index contributed by atoms with van der Waals surface area (Å²) < 4.78 is 24.9. The maximum absolute atomic E-state index is 10.4. The van der Waals surface area contributed by atoms with E-state index in [0.717, 1.165) is 0 Å². The lowest BCUT2D eigenvalue weighted by Crippen LogP contribution is -2.35. The summed E-state index contributed by atoms with van der Waals surface area (Å²) in [5.41, 5.74) is 0. The number of aliphatic hydroxyl groups is 1. The number of hydrogen-bond acceptors (Lipinski definition) is 5. The van der Waals surface area contributed by atoms with Gasteiger partial charge in [0.25, 0.3) is 0 Å². The van der Waals surface area contributed by atoms with Crippen molar-refractivity contribution in [2.45, 2.75) is 24.3 Å². The van der Waals surface area contributed by atoms with Crippen molar-refractivity contribution in [3.8, 4) is 0 Å². The second-order valence-electron chi connectivity index (χ2n) is 3.36. The molecule has 1 aliphatic heterocycles. The third kappa shape index (κ3) is 3.53. The van der Waals surface area contributed by atoms with Crippen molar-refractivity contribution in [2.24, 2.45) is 0 Å². The van der Waals surface area contributed by atoms with Gasteiger partial charge in [-0.1, -0.05) is 0 Å². The number of ether oxygens (including phenoxy) is 2. The second-order valence-corrected chi connectivity index (χ2v) is 4.60. The van der Waals surface area contributed by atoms with Crippen molar-refractivity contribution < 1.29 is 33.5 Å². The summed E-state index contributed by atoms with van der Waals surface area (Å²) in [5, 5.41) is 9.63. The first-order valence-electron chi connectivity index (χ1n) is 4.41. The fourth-order valence-corrected chi connectivity index (χ4v) is 1.90. The average molecular weight is 240 g/mol. The van der Waals surface area contributed by atoms with Crippen LogP contribution in [0.3, 0.4) is 0 Å². The molecule has 3 N–H and O–H groups in total. The van der Waals surface area contributed by atoms with E-state index in [1.807, 2.05) is 0 Å². The van der Waals surface area contributed by atoms with Gasteiger partial charge in [0.1, 0.15) is 26.2 Å². The van der Waals surface area contributed by atoms with Crippen LogP contribution in [0.4, 0.5) is 0 Å². The van der Waals surface area contributed by atoms with E-state index >= 15 is 0 Å². The van der Waals surface area contributed by atoms with Crippen LogP contribution in [-0.2, 0) is 18.6 Å². The summed E-state index contributed by atoms with van der Waals surface area (Å²) in [6.45, 7) is -0.365. The van der Waals surface area contributed by atoms with E-state index in [9.17, 15) is 9.67 Å². The summed E-state index contributed by atoms with van der Waals surface area (Å²) in [5.74, 6) is 0. The Bertz CT molecular complexity index is 256. The molecule has 0 aliphatic carbocycles. The van der Waals surface area contributed by atoms with E-state index in [2.05, 4.69) is 4.52 Å². The predicted octanol–water partition coefficient (Wildman–Crippen LogP) is -2.17. The molecule has 1 rings (SSSR count). The monoisotopic (exact) mass is 240 g/mol. The van der Waals surface area contributed by atoms with Gasteiger partial charge in [0, 0.05) is 7.11 Å². The molecule has 0 bridgehead atoms. The Balaban J connectivity index is 2.48. The zero-order chi connectivity index (χ0) is 11.6. The average Bonchev–Trinajstić information content (AvgIpc) is 2.37. The molecule has 0 amide bonds. The Hall–Kier alpha value is 0.0549. The molecule has 15 heavy (non-hydrogen) atoms. The zero-order valence-corrected chi connectivity index (χ0v) is 9.33. The molecule has 0 aromatic carbocycles. The van der Waals surface area contributed by atoms with E-state index < -0.39 is 26.1 Å². The predicted molar refractivity (Wildman–Crippen MR) is 52.0 cm³/mol. The molecule has 0 spiro atoms. The molecular formula is C6H14BO7P. The van der Waals surface area contributed by atoms with Crippen molar-refractivity contribution in [3.05, 3.63) is 0 Å². The van der Waals surface area contributed by atoms with Crippen molar-refractivity contribution in [1.29, 1.82) is 0 Å². The van der Waals surface area contributed by atoms with Gasteiger partial charge < -0.3 is 24.4 Å². The lowest BCUT2D eigenvalue weighted by atomic mass is 9.93. The summed E-state index contributed by atoms with van der Waals surface area (Å²) in [6.07, 6.45) is -2.23. The highest BCUT2D eigenvalue weighted by Crippen LogP contribution is 2.37. The zero-order valence-electron chi connectivity index (χ0n) is 8.44. The fraction of sp³-hybridized carbons (Fsp3) is 1.00. The van der Waals surface area contributed by atoms with Crippen molar-refractivity contribution in [1.82, 2.24) is 0 Å². The van der Waals surface area contributed by atoms with Crippen LogP contribution in [0.2, 0.25) is 0 Å². The van der Waals surface area contributed by atoms with Crippen LogP contribution in [0.1, 0.15) is 0 Å². The fourth-order valence-electron chi connectivity index (χ4n) is 1.56. The Kier molecular flexibility index (Phi) is 4.31. The van der Waals surface area contributed by atoms with Crippen molar-refractivity contribution in [2.75, 3.05) is 13.7 Å². The molecule has 7 nitrogen and oxygen atoms in total. The Morgan fingerprint density at radius 2 is 2.13 bits per heavy atom. The van der Waals surface area contributed by atoms with Crippen molar-refractivity contribution >= 4 is 15.7 Å². The number of rotatable bonds is 4. The largest absolute Gasteiger partial charge is 0.469 e. The SMILES string of the molecule is B[C@@H]1O[C@H](COP(=O)(O)O)[C@H](O)[C@@H]1OC. The highest BCUT2D eigenvalue weighted by molar-refractivity contribution is 7.46. The summed E-state index contributed by atoms with van der Waals surface area (Å²) in [4.78, 5) is 16.9. The topological polar surface area (TPSA) is 105 Å². The first-order chi connectivity index (χ1) is 6.85. The maximum atomic E-state index is 10.4. The molecular weight excluding hydrogens is 226 g/mol. The summed E-state index contributed by atoms with van der Waals surface area (Å²) in [7, 11) is -1.39. The van der Waals surface area contributed by atoms with E-state index in [4.69, 9.17) is 19.3 Å². The third-order valence-electron chi connectivity index (χ3n) is 2.25. The van der Waals surface area contributed by atoms with Crippen LogP contribution in [0.5, 0.6) is 0 Å². The molecule has 88 valence electrons. The first kappa shape index (κ1) is 13.1. The minimum Gasteiger partial charge on any atom is -0.388 e. The molecule has 0 aromatic heterocycles. The van der Waals surface area contributed by atoms with Gasteiger partial charge in [0.05, 0.1) is 12.6 Å². The number of aliphatic hydroxyl groups excluding tert-OH is 1. The number of hydrogen-bond donors (Lipinski definition) is 3. The van der Waals surface area contributed by atoms with Gasteiger partial charge in [0.15, 0.2) is 0 Å². The molecule has 1 heterocycles. The standard InChI is InChI=1S/C6H14BO7P/c1-12-5-4(8)3(14-6(5)7)2-13-15(9,10)11/h3-6,8H,2,7H2,1H3,(H2,9,10,11)/t3-,4+,5+,6-/m1/s1. The maximum Gasteiger partial charge on any atom is 0.469 e. The van der Waals surface area contributed by atoms with Crippen LogP contribution in [-0.4, -0.2) is 60.8 Å². The van der Waals surface area contributed by atoms with Crippen LogP contribution in [0, 0.1) is 0 Å². The van der Waals surface area contributed by atoms with Gasteiger partial charge in [0.2, 0.25) is 0 Å². The van der Waals surface area contributed by atoms with E-state index in [1.54, 1.807) is 7.85 Å². The molecule has 0 saturated carbocycles. The molecule has 1 fully saturated rings. The second kappa shape index (κ2) is 4.92. The van der Waals surface area contributed by atoms with Crippen LogP contribution in [0.15, 0.2) is 0 Å². The van der Waals surface area contributed by atoms with Crippen LogP contribution in [0.25, 0.3) is 0 Å². The normalized spacial score (nSPS) is 37.1. The van der Waals surface area contributed by atoms with Crippen LogP contribution < -0.4 is 0 Å². The van der Waals surface area contributed by atoms with Gasteiger partial charge in [-0.05, 0) is 0 Å². The number of phosphoric ester groups is 1. The highest BCUT2D eigenvalue weighted by Gasteiger charge is 2.42. The Labute approximate surface area is 88.0 Å². The molecule has 4 atom stereocenters. The number of methoxy groups -OCH3 is 1. The minimum atomic E-state index is -4.52.